The van der Waals surface area contributed by atoms with Gasteiger partial charge < -0.3 is 9.84 Å². The molecule has 0 spiro atoms. The minimum atomic E-state index is -0.472. The number of carbonyl (C=O) groups excluding carboxylic acids is 1. The lowest BCUT2D eigenvalue weighted by Gasteiger charge is -2.26. The number of rotatable bonds is 2. The molecule has 0 aromatic rings. The Morgan fingerprint density at radius 1 is 1.56 bits per heavy atom. The molecule has 4 nitrogen and oxygen atoms in total. The number of nitrogens with zero attached hydrogens (tertiary/aromatic N) is 1. The van der Waals surface area contributed by atoms with Crippen molar-refractivity contribution >= 4 is 6.09 Å². The molecule has 16 heavy (non-hydrogen) atoms. The fourth-order valence-electron chi connectivity index (χ4n) is 1.30. The molecule has 0 aliphatic carbocycles. The number of aliphatic hydroxyl groups is 1. The van der Waals surface area contributed by atoms with Gasteiger partial charge >= 0.3 is 6.09 Å². The van der Waals surface area contributed by atoms with Gasteiger partial charge in [0.25, 0.3) is 0 Å². The summed E-state index contributed by atoms with van der Waals surface area (Å²) in [5.41, 5.74) is 0.572. The second-order valence-corrected chi connectivity index (χ2v) is 4.70. The van der Waals surface area contributed by atoms with Crippen LogP contribution in [-0.4, -0.2) is 34.9 Å². The van der Waals surface area contributed by atoms with Crippen LogP contribution in [0.2, 0.25) is 0 Å². The first kappa shape index (κ1) is 12.8. The predicted octanol–water partition coefficient (Wildman–Crippen LogP) is 2.06. The van der Waals surface area contributed by atoms with Crippen LogP contribution in [0.15, 0.2) is 23.9 Å². The monoisotopic (exact) mass is 225 g/mol. The third-order valence-electron chi connectivity index (χ3n) is 2.05. The number of carbonyl (C=O) groups is 1. The van der Waals surface area contributed by atoms with E-state index in [9.17, 15) is 4.79 Å². The minimum absolute atomic E-state index is 0.128. The molecule has 4 heteroatoms. The van der Waals surface area contributed by atoms with Crippen LogP contribution in [0.5, 0.6) is 0 Å². The van der Waals surface area contributed by atoms with E-state index in [4.69, 9.17) is 9.84 Å². The Bertz CT molecular complexity index is 313. The number of hydrogen-bond donors (Lipinski definition) is 1. The molecule has 1 rings (SSSR count). The second-order valence-electron chi connectivity index (χ2n) is 4.70. The minimum Gasteiger partial charge on any atom is -0.443 e. The summed E-state index contributed by atoms with van der Waals surface area (Å²) < 4.78 is 5.23. The topological polar surface area (TPSA) is 49.8 Å². The first-order chi connectivity index (χ1) is 7.42. The summed E-state index contributed by atoms with van der Waals surface area (Å²) in [4.78, 5) is 13.2. The van der Waals surface area contributed by atoms with Gasteiger partial charge in [-0.15, -0.1) is 0 Å². The molecule has 0 bridgehead atoms. The lowest BCUT2D eigenvalue weighted by atomic mass is 10.1. The van der Waals surface area contributed by atoms with Crippen LogP contribution in [-0.2, 0) is 4.74 Å². The molecule has 0 fully saturated rings. The van der Waals surface area contributed by atoms with Gasteiger partial charge in [0, 0.05) is 19.4 Å². The molecular formula is C12H19NO3. The van der Waals surface area contributed by atoms with E-state index in [1.54, 1.807) is 6.20 Å². The SMILES string of the molecule is CC(C)(C)OC(=O)N1C=CC(CCO)=CC1. The molecule has 0 saturated carbocycles. The molecule has 0 aromatic heterocycles. The van der Waals surface area contributed by atoms with Gasteiger partial charge in [-0.3, -0.25) is 4.90 Å². The van der Waals surface area contributed by atoms with Gasteiger partial charge in [0.2, 0.25) is 0 Å². The Balaban J connectivity index is 2.49. The van der Waals surface area contributed by atoms with E-state index in [1.807, 2.05) is 32.9 Å². The fraction of sp³-hybridized carbons (Fsp3) is 0.583. The zero-order valence-electron chi connectivity index (χ0n) is 10.1. The molecule has 0 atom stereocenters. The van der Waals surface area contributed by atoms with E-state index in [0.29, 0.717) is 13.0 Å². The van der Waals surface area contributed by atoms with Gasteiger partial charge in [-0.2, -0.15) is 0 Å². The van der Waals surface area contributed by atoms with Crippen LogP contribution >= 0.6 is 0 Å². The number of amides is 1. The van der Waals surface area contributed by atoms with Gasteiger partial charge in [-0.1, -0.05) is 6.08 Å². The Morgan fingerprint density at radius 2 is 2.25 bits per heavy atom. The number of allylic oxidation sites excluding steroid dienone is 1. The maximum absolute atomic E-state index is 11.7. The number of hydrogen-bond acceptors (Lipinski definition) is 3. The molecule has 1 aliphatic rings. The first-order valence-corrected chi connectivity index (χ1v) is 5.40. The van der Waals surface area contributed by atoms with Gasteiger partial charge in [0.1, 0.15) is 5.60 Å². The summed E-state index contributed by atoms with van der Waals surface area (Å²) in [6.07, 6.45) is 5.71. The van der Waals surface area contributed by atoms with Crippen LogP contribution in [0.4, 0.5) is 4.79 Å². The standard InChI is InChI=1S/C12H19NO3/c1-12(2,3)16-11(15)13-7-4-10(5-8-13)6-9-14/h4-5,7,14H,6,8-9H2,1-3H3. The molecule has 1 aliphatic heterocycles. The van der Waals surface area contributed by atoms with E-state index in [1.165, 1.54) is 4.90 Å². The predicted molar refractivity (Wildman–Crippen MR) is 61.9 cm³/mol. The fourth-order valence-corrected chi connectivity index (χ4v) is 1.30. The molecule has 0 unspecified atom stereocenters. The molecule has 0 saturated heterocycles. The lowest BCUT2D eigenvalue weighted by molar-refractivity contribution is 0.0349. The van der Waals surface area contributed by atoms with Crippen LogP contribution in [0.25, 0.3) is 0 Å². The highest BCUT2D eigenvalue weighted by Gasteiger charge is 2.21. The maximum Gasteiger partial charge on any atom is 0.414 e. The quantitative estimate of drug-likeness (QED) is 0.782. The van der Waals surface area contributed by atoms with Gasteiger partial charge in [-0.05, 0) is 38.8 Å². The van der Waals surface area contributed by atoms with Crippen molar-refractivity contribution in [3.8, 4) is 0 Å². The zero-order chi connectivity index (χ0) is 12.2. The first-order valence-electron chi connectivity index (χ1n) is 5.40. The van der Waals surface area contributed by atoms with Crippen LogP contribution in [0.1, 0.15) is 27.2 Å². The Kier molecular flexibility index (Phi) is 4.12. The number of aliphatic hydroxyl groups excluding tert-OH is 1. The van der Waals surface area contributed by atoms with Crippen LogP contribution < -0.4 is 0 Å². The lowest BCUT2D eigenvalue weighted by Crippen LogP contribution is -2.34. The second kappa shape index (κ2) is 5.16. The van der Waals surface area contributed by atoms with Crippen molar-refractivity contribution in [2.45, 2.75) is 32.8 Å². The molecular weight excluding hydrogens is 206 g/mol. The average molecular weight is 225 g/mol. The summed E-state index contributed by atoms with van der Waals surface area (Å²) in [6.45, 7) is 6.14. The van der Waals surface area contributed by atoms with Crippen molar-refractivity contribution in [3.05, 3.63) is 23.9 Å². The molecule has 0 aromatic carbocycles. The van der Waals surface area contributed by atoms with Crippen molar-refractivity contribution in [1.82, 2.24) is 4.90 Å². The number of ether oxygens (including phenoxy) is 1. The summed E-state index contributed by atoms with van der Waals surface area (Å²) in [7, 11) is 0. The van der Waals surface area contributed by atoms with Crippen molar-refractivity contribution in [2.24, 2.45) is 0 Å². The van der Waals surface area contributed by atoms with Gasteiger partial charge in [0.15, 0.2) is 0 Å². The maximum atomic E-state index is 11.7. The zero-order valence-corrected chi connectivity index (χ0v) is 10.1. The third kappa shape index (κ3) is 4.06. The van der Waals surface area contributed by atoms with Crippen LogP contribution in [0, 0.1) is 0 Å². The van der Waals surface area contributed by atoms with Crippen LogP contribution in [0.3, 0.4) is 0 Å². The Morgan fingerprint density at radius 3 is 2.69 bits per heavy atom. The van der Waals surface area contributed by atoms with Crippen molar-refractivity contribution in [1.29, 1.82) is 0 Å². The molecule has 1 heterocycles. The summed E-state index contributed by atoms with van der Waals surface area (Å²) in [5, 5.41) is 8.77. The van der Waals surface area contributed by atoms with Crippen molar-refractivity contribution < 1.29 is 14.6 Å². The smallest absolute Gasteiger partial charge is 0.414 e. The highest BCUT2D eigenvalue weighted by Crippen LogP contribution is 2.14. The molecule has 1 N–H and O–H groups in total. The highest BCUT2D eigenvalue weighted by atomic mass is 16.6. The third-order valence-corrected chi connectivity index (χ3v) is 2.05. The van der Waals surface area contributed by atoms with E-state index in [0.717, 1.165) is 5.57 Å². The summed E-state index contributed by atoms with van der Waals surface area (Å²) in [6, 6.07) is 0. The van der Waals surface area contributed by atoms with Gasteiger partial charge in [-0.25, -0.2) is 4.79 Å². The van der Waals surface area contributed by atoms with E-state index in [2.05, 4.69) is 0 Å². The van der Waals surface area contributed by atoms with E-state index < -0.39 is 5.60 Å². The van der Waals surface area contributed by atoms with Crippen molar-refractivity contribution in [2.75, 3.05) is 13.2 Å². The van der Waals surface area contributed by atoms with E-state index >= 15 is 0 Å². The Labute approximate surface area is 96.2 Å². The normalized spacial score (nSPS) is 16.0. The highest BCUT2D eigenvalue weighted by molar-refractivity contribution is 5.70. The van der Waals surface area contributed by atoms with Gasteiger partial charge in [0.05, 0.1) is 0 Å². The average Bonchev–Trinajstić information content (AvgIpc) is 2.16. The molecule has 90 valence electrons. The van der Waals surface area contributed by atoms with Crippen molar-refractivity contribution in [3.63, 3.8) is 0 Å². The van der Waals surface area contributed by atoms with E-state index in [-0.39, 0.29) is 12.7 Å². The summed E-state index contributed by atoms with van der Waals surface area (Å²) in [5.74, 6) is 0. The summed E-state index contributed by atoms with van der Waals surface area (Å²) >= 11 is 0. The Hall–Kier alpha value is -1.29. The molecule has 0 radical (unpaired) electrons. The molecule has 1 amide bonds. The largest absolute Gasteiger partial charge is 0.443 e.